The highest BCUT2D eigenvalue weighted by molar-refractivity contribution is 5.84. The van der Waals surface area contributed by atoms with Crippen molar-refractivity contribution in [1.82, 2.24) is 20.9 Å². The van der Waals surface area contributed by atoms with Crippen LogP contribution in [0.4, 0.5) is 0 Å². The van der Waals surface area contributed by atoms with Crippen LogP contribution in [0.2, 0.25) is 0 Å². The van der Waals surface area contributed by atoms with Gasteiger partial charge in [-0.3, -0.25) is 9.79 Å². The number of rotatable bonds is 8. The van der Waals surface area contributed by atoms with Gasteiger partial charge in [-0.1, -0.05) is 18.2 Å². The summed E-state index contributed by atoms with van der Waals surface area (Å²) in [5.41, 5.74) is 1.91. The molecule has 142 valence electrons. The van der Waals surface area contributed by atoms with Gasteiger partial charge in [0.15, 0.2) is 5.96 Å². The van der Waals surface area contributed by atoms with Gasteiger partial charge in [0.1, 0.15) is 0 Å². The molecule has 2 aromatic rings. The van der Waals surface area contributed by atoms with E-state index in [1.165, 1.54) is 10.9 Å². The van der Waals surface area contributed by atoms with Crippen molar-refractivity contribution in [1.29, 1.82) is 0 Å². The zero-order chi connectivity index (χ0) is 19.0. The molecule has 0 aliphatic rings. The molecule has 1 heterocycles. The fourth-order valence-electron chi connectivity index (χ4n) is 2.74. The van der Waals surface area contributed by atoms with Crippen LogP contribution in [-0.2, 0) is 11.2 Å². The van der Waals surface area contributed by atoms with Gasteiger partial charge in [0.2, 0.25) is 5.91 Å². The molecule has 6 nitrogen and oxygen atoms in total. The number of para-hydroxylation sites is 1. The lowest BCUT2D eigenvalue weighted by Crippen LogP contribution is -2.42. The Labute approximate surface area is 155 Å². The Morgan fingerprint density at radius 3 is 2.58 bits per heavy atom. The molecule has 0 spiro atoms. The zero-order valence-corrected chi connectivity index (χ0v) is 16.3. The van der Waals surface area contributed by atoms with E-state index in [2.05, 4.69) is 50.3 Å². The van der Waals surface area contributed by atoms with Crippen molar-refractivity contribution >= 4 is 22.8 Å². The fraction of sp³-hybridized carbons (Fsp3) is 0.500. The minimum Gasteiger partial charge on any atom is -0.361 e. The van der Waals surface area contributed by atoms with Crippen LogP contribution in [0.5, 0.6) is 0 Å². The lowest BCUT2D eigenvalue weighted by Gasteiger charge is -2.22. The number of H-pyrrole nitrogens is 1. The third kappa shape index (κ3) is 5.25. The predicted octanol–water partition coefficient (Wildman–Crippen LogP) is 2.43. The van der Waals surface area contributed by atoms with Crippen LogP contribution in [-0.4, -0.2) is 43.0 Å². The summed E-state index contributed by atoms with van der Waals surface area (Å²) in [6.45, 7) is 10.4. The van der Waals surface area contributed by atoms with E-state index in [0.29, 0.717) is 13.1 Å². The molecular formula is C20H31N5O. The van der Waals surface area contributed by atoms with Gasteiger partial charge in [-0.2, -0.15) is 0 Å². The first kappa shape index (κ1) is 19.8. The summed E-state index contributed by atoms with van der Waals surface area (Å²) in [6, 6.07) is 8.31. The number of carbonyl (C=O) groups excluding carboxylic acids is 1. The number of guanidine groups is 1. The molecule has 0 aliphatic heterocycles. The second-order valence-electron chi connectivity index (χ2n) is 6.97. The average Bonchev–Trinajstić information content (AvgIpc) is 3.03. The topological polar surface area (TPSA) is 81.3 Å². The SMILES string of the molecule is CCNC(=O)C(C)(C)CN=C(NCC)NCCc1c[nH]c2ccccc12. The Balaban J connectivity index is 1.94. The number of aromatic amines is 1. The van der Waals surface area contributed by atoms with Gasteiger partial charge >= 0.3 is 0 Å². The van der Waals surface area contributed by atoms with Crippen molar-refractivity contribution in [3.63, 3.8) is 0 Å². The van der Waals surface area contributed by atoms with E-state index in [-0.39, 0.29) is 5.91 Å². The molecule has 6 heteroatoms. The second-order valence-corrected chi connectivity index (χ2v) is 6.97. The number of hydrogen-bond donors (Lipinski definition) is 4. The minimum absolute atomic E-state index is 0.0263. The van der Waals surface area contributed by atoms with E-state index < -0.39 is 5.41 Å². The Bertz CT molecular complexity index is 747. The summed E-state index contributed by atoms with van der Waals surface area (Å²) >= 11 is 0. The van der Waals surface area contributed by atoms with Crippen LogP contribution in [0.3, 0.4) is 0 Å². The number of amides is 1. The average molecular weight is 358 g/mol. The van der Waals surface area contributed by atoms with Crippen LogP contribution in [0, 0.1) is 5.41 Å². The number of nitrogens with one attached hydrogen (secondary N) is 4. The van der Waals surface area contributed by atoms with Crippen molar-refractivity contribution in [2.45, 2.75) is 34.1 Å². The summed E-state index contributed by atoms with van der Waals surface area (Å²) in [5.74, 6) is 0.767. The standard InChI is InChI=1S/C20H31N5O/c1-5-21-18(26)20(3,4)14-25-19(22-6-2)23-12-11-15-13-24-17-10-8-7-9-16(15)17/h7-10,13,24H,5-6,11-12,14H2,1-4H3,(H,21,26)(H2,22,23,25). The number of fused-ring (bicyclic) bond motifs is 1. The Morgan fingerprint density at radius 2 is 1.85 bits per heavy atom. The lowest BCUT2D eigenvalue weighted by atomic mass is 9.92. The third-order valence-electron chi connectivity index (χ3n) is 4.29. The fourth-order valence-corrected chi connectivity index (χ4v) is 2.74. The Hall–Kier alpha value is -2.50. The van der Waals surface area contributed by atoms with Crippen LogP contribution >= 0.6 is 0 Å². The first-order valence-electron chi connectivity index (χ1n) is 9.33. The number of hydrogen-bond acceptors (Lipinski definition) is 2. The molecule has 1 amide bonds. The van der Waals surface area contributed by atoms with E-state index in [4.69, 9.17) is 0 Å². The maximum absolute atomic E-state index is 12.1. The second kappa shape index (κ2) is 9.27. The van der Waals surface area contributed by atoms with Gasteiger partial charge in [0.25, 0.3) is 0 Å². The van der Waals surface area contributed by atoms with E-state index in [1.54, 1.807) is 0 Å². The van der Waals surface area contributed by atoms with Crippen molar-refractivity contribution in [3.8, 4) is 0 Å². The van der Waals surface area contributed by atoms with E-state index in [0.717, 1.165) is 31.0 Å². The molecule has 4 N–H and O–H groups in total. The third-order valence-corrected chi connectivity index (χ3v) is 4.29. The minimum atomic E-state index is -0.533. The number of benzene rings is 1. The smallest absolute Gasteiger partial charge is 0.227 e. The van der Waals surface area contributed by atoms with Crippen molar-refractivity contribution < 1.29 is 4.79 Å². The quantitative estimate of drug-likeness (QED) is 0.433. The van der Waals surface area contributed by atoms with Crippen LogP contribution in [0.1, 0.15) is 33.3 Å². The molecule has 2 rings (SSSR count). The highest BCUT2D eigenvalue weighted by atomic mass is 16.2. The largest absolute Gasteiger partial charge is 0.361 e. The molecular weight excluding hydrogens is 326 g/mol. The molecule has 0 fully saturated rings. The van der Waals surface area contributed by atoms with Crippen LogP contribution < -0.4 is 16.0 Å². The molecule has 0 unspecified atom stereocenters. The predicted molar refractivity (Wildman–Crippen MR) is 108 cm³/mol. The van der Waals surface area contributed by atoms with Gasteiger partial charge in [-0.15, -0.1) is 0 Å². The molecule has 1 aromatic heterocycles. The number of aromatic nitrogens is 1. The summed E-state index contributed by atoms with van der Waals surface area (Å²) in [7, 11) is 0. The lowest BCUT2D eigenvalue weighted by molar-refractivity contribution is -0.128. The molecule has 0 saturated carbocycles. The number of carbonyl (C=O) groups is 1. The van der Waals surface area contributed by atoms with Gasteiger partial charge < -0.3 is 20.9 Å². The molecule has 0 atom stereocenters. The van der Waals surface area contributed by atoms with Crippen molar-refractivity contribution in [2.24, 2.45) is 10.4 Å². The van der Waals surface area contributed by atoms with Gasteiger partial charge in [-0.05, 0) is 45.7 Å². The summed E-state index contributed by atoms with van der Waals surface area (Å²) < 4.78 is 0. The van der Waals surface area contributed by atoms with Gasteiger partial charge in [0.05, 0.1) is 12.0 Å². The van der Waals surface area contributed by atoms with Crippen molar-refractivity contribution in [2.75, 3.05) is 26.2 Å². The normalized spacial score (nSPS) is 12.2. The first-order chi connectivity index (χ1) is 12.5. The molecule has 0 bridgehead atoms. The summed E-state index contributed by atoms with van der Waals surface area (Å²) in [4.78, 5) is 20.0. The van der Waals surface area contributed by atoms with E-state index >= 15 is 0 Å². The highest BCUT2D eigenvalue weighted by Crippen LogP contribution is 2.18. The Kier molecular flexibility index (Phi) is 7.06. The number of aliphatic imine (C=N–C) groups is 1. The highest BCUT2D eigenvalue weighted by Gasteiger charge is 2.26. The number of nitrogens with zero attached hydrogens (tertiary/aromatic N) is 1. The van der Waals surface area contributed by atoms with Crippen molar-refractivity contribution in [3.05, 3.63) is 36.0 Å². The van der Waals surface area contributed by atoms with E-state index in [9.17, 15) is 4.79 Å². The molecule has 0 radical (unpaired) electrons. The molecule has 0 aliphatic carbocycles. The molecule has 26 heavy (non-hydrogen) atoms. The molecule has 0 saturated heterocycles. The van der Waals surface area contributed by atoms with E-state index in [1.807, 2.05) is 33.8 Å². The maximum atomic E-state index is 12.1. The Morgan fingerprint density at radius 1 is 1.12 bits per heavy atom. The maximum Gasteiger partial charge on any atom is 0.227 e. The first-order valence-corrected chi connectivity index (χ1v) is 9.33. The zero-order valence-electron chi connectivity index (χ0n) is 16.3. The van der Waals surface area contributed by atoms with Gasteiger partial charge in [0, 0.05) is 36.7 Å². The van der Waals surface area contributed by atoms with Gasteiger partial charge in [-0.25, -0.2) is 0 Å². The summed E-state index contributed by atoms with van der Waals surface area (Å²) in [5, 5.41) is 10.7. The monoisotopic (exact) mass is 357 g/mol. The van der Waals surface area contributed by atoms with Crippen LogP contribution in [0.15, 0.2) is 35.5 Å². The van der Waals surface area contributed by atoms with Crippen LogP contribution in [0.25, 0.3) is 10.9 Å². The summed E-state index contributed by atoms with van der Waals surface area (Å²) in [6.07, 6.45) is 2.96. The molecule has 1 aromatic carbocycles.